The Morgan fingerprint density at radius 1 is 1.64 bits per heavy atom. The molecule has 1 fully saturated rings. The van der Waals surface area contributed by atoms with Gasteiger partial charge in [0.25, 0.3) is 0 Å². The van der Waals surface area contributed by atoms with Crippen LogP contribution in [0.2, 0.25) is 0 Å². The molecule has 0 bridgehead atoms. The second-order valence-electron chi connectivity index (χ2n) is 2.52. The van der Waals surface area contributed by atoms with Gasteiger partial charge in [-0.15, -0.1) is 27.2 Å². The molecule has 0 unspecified atom stereocenters. The molecule has 0 atom stereocenters. The van der Waals surface area contributed by atoms with Crippen LogP contribution in [0.4, 0.5) is 0 Å². The van der Waals surface area contributed by atoms with Gasteiger partial charge in [0.05, 0.1) is 5.33 Å². The van der Waals surface area contributed by atoms with E-state index in [0.717, 1.165) is 11.2 Å². The highest BCUT2D eigenvalue weighted by Gasteiger charge is 2.25. The molecule has 1 heterocycles. The Balaban J connectivity index is 0.000000605. The molecule has 11 heavy (non-hydrogen) atoms. The van der Waals surface area contributed by atoms with Gasteiger partial charge < -0.3 is 4.57 Å². The highest BCUT2D eigenvalue weighted by Crippen LogP contribution is 2.35. The Morgan fingerprint density at radius 3 is 2.91 bits per heavy atom. The quantitative estimate of drug-likeness (QED) is 0.778. The second-order valence-corrected chi connectivity index (χ2v) is 3.08. The second kappa shape index (κ2) is 3.67. The van der Waals surface area contributed by atoms with Crippen LogP contribution in [-0.4, -0.2) is 14.8 Å². The summed E-state index contributed by atoms with van der Waals surface area (Å²) in [6.45, 7) is 0. The number of halogens is 2. The number of aromatic nitrogens is 3. The molecular weight excluding hydrogens is 274 g/mol. The van der Waals surface area contributed by atoms with E-state index in [1.165, 1.54) is 12.8 Å². The lowest BCUT2D eigenvalue weighted by Gasteiger charge is -1.98. The third-order valence-corrected chi connectivity index (χ3v) is 2.21. The summed E-state index contributed by atoms with van der Waals surface area (Å²) in [6.07, 6.45) is 4.39. The number of hydrogen-bond donors (Lipinski definition) is 0. The summed E-state index contributed by atoms with van der Waals surface area (Å²) in [5, 5.41) is 8.61. The van der Waals surface area contributed by atoms with Crippen molar-refractivity contribution in [3.05, 3.63) is 12.2 Å². The van der Waals surface area contributed by atoms with Gasteiger partial charge in [-0.1, -0.05) is 15.9 Å². The molecule has 2 rings (SSSR count). The molecule has 62 valence electrons. The molecule has 0 spiro atoms. The minimum absolute atomic E-state index is 0. The van der Waals surface area contributed by atoms with Crippen molar-refractivity contribution in [1.29, 1.82) is 0 Å². The average molecular weight is 283 g/mol. The van der Waals surface area contributed by atoms with Gasteiger partial charge in [0.15, 0.2) is 0 Å². The van der Waals surface area contributed by atoms with Crippen LogP contribution in [-0.2, 0) is 5.33 Å². The van der Waals surface area contributed by atoms with Crippen molar-refractivity contribution in [2.24, 2.45) is 0 Å². The monoisotopic (exact) mass is 281 g/mol. The lowest BCUT2D eigenvalue weighted by atomic mass is 10.6. The molecule has 0 saturated heterocycles. The van der Waals surface area contributed by atoms with Crippen LogP contribution in [0.25, 0.3) is 0 Å². The molecular formula is C6H9Br2N3. The van der Waals surface area contributed by atoms with Crippen LogP contribution >= 0.6 is 32.9 Å². The number of nitrogens with zero attached hydrogens (tertiary/aromatic N) is 3. The standard InChI is InChI=1S/C6H8BrN3.BrH/c7-3-6-9-8-4-10(6)5-1-2-5;/h4-5H,1-3H2;1H. The molecule has 1 aromatic heterocycles. The lowest BCUT2D eigenvalue weighted by Crippen LogP contribution is -1.96. The molecule has 0 N–H and O–H groups in total. The molecule has 0 radical (unpaired) electrons. The van der Waals surface area contributed by atoms with Gasteiger partial charge in [-0.2, -0.15) is 0 Å². The van der Waals surface area contributed by atoms with E-state index in [4.69, 9.17) is 0 Å². The van der Waals surface area contributed by atoms with Crippen molar-refractivity contribution >= 4 is 32.9 Å². The molecule has 1 saturated carbocycles. The Kier molecular flexibility index (Phi) is 3.06. The van der Waals surface area contributed by atoms with Crippen LogP contribution in [0.1, 0.15) is 24.7 Å². The van der Waals surface area contributed by atoms with Crippen molar-refractivity contribution in [2.75, 3.05) is 0 Å². The van der Waals surface area contributed by atoms with Crippen molar-refractivity contribution in [2.45, 2.75) is 24.2 Å². The molecule has 5 heteroatoms. The van der Waals surface area contributed by atoms with Gasteiger partial charge in [0.2, 0.25) is 0 Å². The van der Waals surface area contributed by atoms with E-state index in [2.05, 4.69) is 30.7 Å². The third kappa shape index (κ3) is 1.82. The minimum atomic E-state index is 0. The minimum Gasteiger partial charge on any atom is -0.314 e. The normalized spacial score (nSPS) is 16.1. The molecule has 1 aromatic rings. The number of alkyl halides is 1. The van der Waals surface area contributed by atoms with Crippen molar-refractivity contribution < 1.29 is 0 Å². The van der Waals surface area contributed by atoms with E-state index >= 15 is 0 Å². The van der Waals surface area contributed by atoms with Crippen LogP contribution in [0, 0.1) is 0 Å². The summed E-state index contributed by atoms with van der Waals surface area (Å²) in [5.41, 5.74) is 0. The Labute approximate surface area is 84.1 Å². The molecule has 1 aliphatic carbocycles. The zero-order chi connectivity index (χ0) is 6.97. The van der Waals surface area contributed by atoms with Crippen molar-refractivity contribution in [3.8, 4) is 0 Å². The van der Waals surface area contributed by atoms with E-state index in [9.17, 15) is 0 Å². The van der Waals surface area contributed by atoms with E-state index in [1.807, 2.05) is 6.33 Å². The van der Waals surface area contributed by atoms with Gasteiger partial charge in [0.1, 0.15) is 12.2 Å². The maximum Gasteiger partial charge on any atom is 0.143 e. The highest BCUT2D eigenvalue weighted by molar-refractivity contribution is 9.08. The maximum atomic E-state index is 3.96. The first-order valence-corrected chi connectivity index (χ1v) is 4.48. The topological polar surface area (TPSA) is 30.7 Å². The fourth-order valence-electron chi connectivity index (χ4n) is 1.02. The lowest BCUT2D eigenvalue weighted by molar-refractivity contribution is 0.707. The summed E-state index contributed by atoms with van der Waals surface area (Å²) in [4.78, 5) is 0. The van der Waals surface area contributed by atoms with E-state index < -0.39 is 0 Å². The fraction of sp³-hybridized carbons (Fsp3) is 0.667. The zero-order valence-electron chi connectivity index (χ0n) is 5.90. The molecule has 0 aromatic carbocycles. The van der Waals surface area contributed by atoms with Gasteiger partial charge >= 0.3 is 0 Å². The summed E-state index contributed by atoms with van der Waals surface area (Å²) < 4.78 is 2.15. The first-order valence-electron chi connectivity index (χ1n) is 3.36. The van der Waals surface area contributed by atoms with Crippen molar-refractivity contribution in [1.82, 2.24) is 14.8 Å². The smallest absolute Gasteiger partial charge is 0.143 e. The molecule has 0 aliphatic heterocycles. The summed E-state index contributed by atoms with van der Waals surface area (Å²) in [5.74, 6) is 1.04. The predicted octanol–water partition coefficient (Wildman–Crippen LogP) is 2.09. The first-order chi connectivity index (χ1) is 4.92. The van der Waals surface area contributed by atoms with Crippen LogP contribution in [0.5, 0.6) is 0 Å². The van der Waals surface area contributed by atoms with E-state index in [-0.39, 0.29) is 17.0 Å². The summed E-state index contributed by atoms with van der Waals surface area (Å²) in [7, 11) is 0. The Morgan fingerprint density at radius 2 is 2.36 bits per heavy atom. The summed E-state index contributed by atoms with van der Waals surface area (Å²) in [6, 6.07) is 0.697. The average Bonchev–Trinajstić information content (AvgIpc) is 2.69. The van der Waals surface area contributed by atoms with Gasteiger partial charge in [0, 0.05) is 6.04 Å². The van der Waals surface area contributed by atoms with Crippen molar-refractivity contribution in [3.63, 3.8) is 0 Å². The summed E-state index contributed by atoms with van der Waals surface area (Å²) >= 11 is 3.36. The largest absolute Gasteiger partial charge is 0.314 e. The Bertz CT molecular complexity index is 231. The zero-order valence-corrected chi connectivity index (χ0v) is 9.20. The van der Waals surface area contributed by atoms with Gasteiger partial charge in [-0.3, -0.25) is 0 Å². The Hall–Kier alpha value is 0.1000. The molecule has 0 amide bonds. The van der Waals surface area contributed by atoms with Gasteiger partial charge in [-0.05, 0) is 12.8 Å². The van der Waals surface area contributed by atoms with Crippen LogP contribution < -0.4 is 0 Å². The first kappa shape index (κ1) is 9.19. The number of hydrogen-bond acceptors (Lipinski definition) is 2. The SMILES string of the molecule is Br.BrCc1nncn1C1CC1. The van der Waals surface area contributed by atoms with Crippen LogP contribution in [0.15, 0.2) is 6.33 Å². The molecule has 1 aliphatic rings. The van der Waals surface area contributed by atoms with E-state index in [1.54, 1.807) is 0 Å². The van der Waals surface area contributed by atoms with Crippen LogP contribution in [0.3, 0.4) is 0 Å². The third-order valence-electron chi connectivity index (χ3n) is 1.71. The molecule has 3 nitrogen and oxygen atoms in total. The fourth-order valence-corrected chi connectivity index (χ4v) is 1.42. The van der Waals surface area contributed by atoms with E-state index in [0.29, 0.717) is 6.04 Å². The van der Waals surface area contributed by atoms with Gasteiger partial charge in [-0.25, -0.2) is 0 Å². The predicted molar refractivity (Wildman–Crippen MR) is 51.2 cm³/mol. The number of rotatable bonds is 2. The highest BCUT2D eigenvalue weighted by atomic mass is 79.9. The maximum absolute atomic E-state index is 3.96.